The second-order valence-electron chi connectivity index (χ2n) is 5.06. The summed E-state index contributed by atoms with van der Waals surface area (Å²) in [6, 6.07) is 12.5. The Morgan fingerprint density at radius 3 is 2.47 bits per heavy atom. The van der Waals surface area contributed by atoms with Crippen molar-refractivity contribution in [1.29, 1.82) is 0 Å². The summed E-state index contributed by atoms with van der Waals surface area (Å²) in [4.78, 5) is 0. The molecule has 0 saturated heterocycles. The van der Waals surface area contributed by atoms with E-state index in [4.69, 9.17) is 4.74 Å². The number of ether oxygens (including phenoxy) is 1. The lowest BCUT2D eigenvalue weighted by molar-refractivity contribution is -0.476. The molecule has 0 fully saturated rings. The first kappa shape index (κ1) is 12.0. The van der Waals surface area contributed by atoms with E-state index in [-0.39, 0.29) is 0 Å². The number of hydrogen-bond donors (Lipinski definition) is 0. The Balaban J connectivity index is 2.13. The highest BCUT2D eigenvalue weighted by Gasteiger charge is 2.21. The van der Waals surface area contributed by atoms with Crippen LogP contribution in [0.15, 0.2) is 36.4 Å². The van der Waals surface area contributed by atoms with Gasteiger partial charge >= 0.3 is 0 Å². The molecule has 0 amide bonds. The van der Waals surface area contributed by atoms with Crippen LogP contribution >= 0.6 is 0 Å². The van der Waals surface area contributed by atoms with Crippen molar-refractivity contribution in [1.82, 2.24) is 0 Å². The molecule has 2 aromatic rings. The van der Waals surface area contributed by atoms with Crippen LogP contribution in [0.1, 0.15) is 22.3 Å². The van der Waals surface area contributed by atoms with Crippen molar-refractivity contribution in [2.45, 2.75) is 20.8 Å². The third kappa shape index (κ3) is 2.03. The van der Waals surface area contributed by atoms with Gasteiger partial charge in [-0.2, -0.15) is 4.58 Å². The van der Waals surface area contributed by atoms with E-state index in [1.165, 1.54) is 22.3 Å². The van der Waals surface area contributed by atoms with Gasteiger partial charge in [0.2, 0.25) is 5.69 Å². The SMILES string of the molecule is Cc1cc2c(c(C)c1C)C=[N+](c1ccccc1)CO2. The quantitative estimate of drug-likeness (QED) is 0.704. The van der Waals surface area contributed by atoms with E-state index in [0.717, 1.165) is 11.4 Å². The van der Waals surface area contributed by atoms with Gasteiger partial charge in [0.15, 0.2) is 6.21 Å². The number of hydrogen-bond acceptors (Lipinski definition) is 1. The van der Waals surface area contributed by atoms with Crippen molar-refractivity contribution in [3.05, 3.63) is 58.7 Å². The molecule has 0 aromatic heterocycles. The van der Waals surface area contributed by atoms with Gasteiger partial charge in [0.05, 0.1) is 5.56 Å². The molecule has 2 nitrogen and oxygen atoms in total. The van der Waals surface area contributed by atoms with Crippen LogP contribution in [0.5, 0.6) is 5.75 Å². The Hall–Kier alpha value is -2.09. The highest BCUT2D eigenvalue weighted by Crippen LogP contribution is 2.29. The fourth-order valence-electron chi connectivity index (χ4n) is 2.45. The van der Waals surface area contributed by atoms with Crippen LogP contribution in [0.3, 0.4) is 0 Å². The van der Waals surface area contributed by atoms with E-state index in [1.807, 2.05) is 18.2 Å². The summed E-state index contributed by atoms with van der Waals surface area (Å²) >= 11 is 0. The first-order valence-corrected chi connectivity index (χ1v) is 6.57. The number of aryl methyl sites for hydroxylation is 1. The zero-order valence-corrected chi connectivity index (χ0v) is 11.6. The van der Waals surface area contributed by atoms with Crippen LogP contribution in [0, 0.1) is 20.8 Å². The Labute approximate surface area is 114 Å². The summed E-state index contributed by atoms with van der Waals surface area (Å²) in [5.41, 5.74) is 6.28. The van der Waals surface area contributed by atoms with Gasteiger partial charge in [-0.3, -0.25) is 0 Å². The highest BCUT2D eigenvalue weighted by molar-refractivity contribution is 5.84. The molecule has 3 rings (SSSR count). The molecular formula is C17H18NO+. The van der Waals surface area contributed by atoms with Crippen LogP contribution in [0.25, 0.3) is 0 Å². The number of fused-ring (bicyclic) bond motifs is 1. The Morgan fingerprint density at radius 1 is 1.00 bits per heavy atom. The van der Waals surface area contributed by atoms with E-state index < -0.39 is 0 Å². The highest BCUT2D eigenvalue weighted by atomic mass is 16.5. The Kier molecular flexibility index (Phi) is 2.86. The lowest BCUT2D eigenvalue weighted by Gasteiger charge is -2.17. The van der Waals surface area contributed by atoms with Gasteiger partial charge in [0, 0.05) is 12.1 Å². The summed E-state index contributed by atoms with van der Waals surface area (Å²) in [7, 11) is 0. The predicted octanol–water partition coefficient (Wildman–Crippen LogP) is 3.72. The molecule has 0 N–H and O–H groups in total. The first-order valence-electron chi connectivity index (χ1n) is 6.57. The molecule has 0 unspecified atom stereocenters. The minimum Gasteiger partial charge on any atom is -0.435 e. The van der Waals surface area contributed by atoms with Crippen molar-refractivity contribution in [3.63, 3.8) is 0 Å². The molecule has 0 saturated carbocycles. The van der Waals surface area contributed by atoms with Crippen molar-refractivity contribution in [2.75, 3.05) is 6.73 Å². The second-order valence-corrected chi connectivity index (χ2v) is 5.06. The molecule has 96 valence electrons. The molecule has 1 aliphatic rings. The third-order valence-electron chi connectivity index (χ3n) is 3.90. The number of nitrogens with zero attached hydrogens (tertiary/aromatic N) is 1. The van der Waals surface area contributed by atoms with Crippen LogP contribution in [0.4, 0.5) is 5.69 Å². The molecule has 0 spiro atoms. The van der Waals surface area contributed by atoms with E-state index in [1.54, 1.807) is 0 Å². The monoisotopic (exact) mass is 252 g/mol. The normalized spacial score (nSPS) is 13.5. The zero-order chi connectivity index (χ0) is 13.4. The lowest BCUT2D eigenvalue weighted by Crippen LogP contribution is -2.21. The second kappa shape index (κ2) is 4.54. The molecule has 2 heteroatoms. The smallest absolute Gasteiger partial charge is 0.292 e. The predicted molar refractivity (Wildman–Crippen MR) is 77.7 cm³/mol. The van der Waals surface area contributed by atoms with Gasteiger partial charge in [-0.05, 0) is 43.5 Å². The molecule has 0 aliphatic carbocycles. The average molecular weight is 252 g/mol. The van der Waals surface area contributed by atoms with E-state index in [0.29, 0.717) is 6.73 Å². The lowest BCUT2D eigenvalue weighted by atomic mass is 9.98. The minimum absolute atomic E-state index is 0.568. The van der Waals surface area contributed by atoms with Crippen LogP contribution in [-0.2, 0) is 0 Å². The van der Waals surface area contributed by atoms with Crippen molar-refractivity contribution in [2.24, 2.45) is 0 Å². The maximum Gasteiger partial charge on any atom is 0.292 e. The first-order chi connectivity index (χ1) is 9.16. The topological polar surface area (TPSA) is 12.2 Å². The maximum absolute atomic E-state index is 5.90. The summed E-state index contributed by atoms with van der Waals surface area (Å²) in [5, 5.41) is 0. The fraction of sp³-hybridized carbons (Fsp3) is 0.235. The van der Waals surface area contributed by atoms with E-state index >= 15 is 0 Å². The Morgan fingerprint density at radius 2 is 1.74 bits per heavy atom. The summed E-state index contributed by atoms with van der Waals surface area (Å²) in [6.45, 7) is 7.03. The molecule has 2 aromatic carbocycles. The molecule has 19 heavy (non-hydrogen) atoms. The van der Waals surface area contributed by atoms with Crippen LogP contribution in [0.2, 0.25) is 0 Å². The summed E-state index contributed by atoms with van der Waals surface area (Å²) in [6.07, 6.45) is 2.19. The van der Waals surface area contributed by atoms with Gasteiger partial charge in [0.25, 0.3) is 6.73 Å². The van der Waals surface area contributed by atoms with Gasteiger partial charge < -0.3 is 4.74 Å². The standard InChI is InChI=1S/C17H18NO/c1-12-9-17-16(14(3)13(12)2)10-18(11-19-17)15-7-5-4-6-8-15/h4-10H,11H2,1-3H3/q+1. The summed E-state index contributed by atoms with van der Waals surface area (Å²) in [5.74, 6) is 0.993. The van der Waals surface area contributed by atoms with E-state index in [2.05, 4.69) is 49.8 Å². The van der Waals surface area contributed by atoms with Crippen molar-refractivity contribution in [3.8, 4) is 5.75 Å². The van der Waals surface area contributed by atoms with Crippen LogP contribution in [-0.4, -0.2) is 17.5 Å². The van der Waals surface area contributed by atoms with E-state index in [9.17, 15) is 0 Å². The number of para-hydroxylation sites is 1. The van der Waals surface area contributed by atoms with Crippen molar-refractivity contribution >= 4 is 11.9 Å². The van der Waals surface area contributed by atoms with Crippen molar-refractivity contribution < 1.29 is 9.31 Å². The average Bonchev–Trinajstić information content (AvgIpc) is 2.46. The van der Waals surface area contributed by atoms with Gasteiger partial charge in [0.1, 0.15) is 5.75 Å². The molecule has 0 bridgehead atoms. The van der Waals surface area contributed by atoms with Crippen LogP contribution < -0.4 is 4.74 Å². The fourth-order valence-corrected chi connectivity index (χ4v) is 2.45. The molecule has 0 radical (unpaired) electrons. The van der Waals surface area contributed by atoms with Gasteiger partial charge in [-0.15, -0.1) is 0 Å². The maximum atomic E-state index is 5.90. The summed E-state index contributed by atoms with van der Waals surface area (Å²) < 4.78 is 8.04. The third-order valence-corrected chi connectivity index (χ3v) is 3.90. The molecule has 1 heterocycles. The van der Waals surface area contributed by atoms with Gasteiger partial charge in [-0.25, -0.2) is 0 Å². The molecule has 1 aliphatic heterocycles. The zero-order valence-electron chi connectivity index (χ0n) is 11.6. The number of benzene rings is 2. The minimum atomic E-state index is 0.568. The molecule has 0 atom stereocenters. The largest absolute Gasteiger partial charge is 0.435 e. The van der Waals surface area contributed by atoms with Gasteiger partial charge in [-0.1, -0.05) is 18.2 Å². The number of rotatable bonds is 1. The molecular weight excluding hydrogens is 234 g/mol. The Bertz CT molecular complexity index is 657.